The van der Waals surface area contributed by atoms with Gasteiger partial charge in [0.15, 0.2) is 0 Å². The van der Waals surface area contributed by atoms with Gasteiger partial charge in [0, 0.05) is 23.7 Å². The minimum atomic E-state index is -0.587. The number of benzene rings is 2. The second-order valence-corrected chi connectivity index (χ2v) is 10.9. The minimum absolute atomic E-state index is 0.143. The van der Waals surface area contributed by atoms with E-state index in [0.29, 0.717) is 12.6 Å². The van der Waals surface area contributed by atoms with E-state index < -0.39 is 6.10 Å². The third-order valence-electron chi connectivity index (χ3n) is 5.25. The van der Waals surface area contributed by atoms with Crippen molar-refractivity contribution < 1.29 is 14.2 Å². The van der Waals surface area contributed by atoms with E-state index in [-0.39, 0.29) is 23.3 Å². The predicted molar refractivity (Wildman–Crippen MR) is 134 cm³/mol. The molecule has 0 amide bonds. The highest BCUT2D eigenvalue weighted by Crippen LogP contribution is 2.41. The highest BCUT2D eigenvalue weighted by molar-refractivity contribution is 5.71. The second kappa shape index (κ2) is 10.6. The first-order valence-electron chi connectivity index (χ1n) is 11.4. The molecule has 0 radical (unpaired) electrons. The van der Waals surface area contributed by atoms with Gasteiger partial charge < -0.3 is 15.2 Å². The summed E-state index contributed by atoms with van der Waals surface area (Å²) in [6, 6.07) is 11.1. The van der Waals surface area contributed by atoms with Crippen LogP contribution in [-0.2, 0) is 10.8 Å². The highest BCUT2D eigenvalue weighted by Gasteiger charge is 2.28. The minimum Gasteiger partial charge on any atom is -0.490 e. The van der Waals surface area contributed by atoms with Crippen LogP contribution in [0.4, 0.5) is 4.39 Å². The lowest BCUT2D eigenvalue weighted by Gasteiger charge is -2.31. The SMILES string of the molecule is CC(C)NCC(O)COc1c(C(C)(C)C)cc(/C=C/c2ccc(F)cc2)cc1C(C)(C)C. The number of ether oxygens (including phenoxy) is 1. The lowest BCUT2D eigenvalue weighted by Crippen LogP contribution is -2.35. The van der Waals surface area contributed by atoms with E-state index in [0.717, 1.165) is 28.0 Å². The molecule has 0 aliphatic heterocycles. The van der Waals surface area contributed by atoms with Gasteiger partial charge in [0.2, 0.25) is 0 Å². The van der Waals surface area contributed by atoms with Crippen LogP contribution in [0.15, 0.2) is 36.4 Å². The normalized spacial score (nSPS) is 13.7. The maximum Gasteiger partial charge on any atom is 0.126 e. The first kappa shape index (κ1) is 26.1. The third-order valence-corrected chi connectivity index (χ3v) is 5.25. The van der Waals surface area contributed by atoms with Crippen LogP contribution >= 0.6 is 0 Å². The van der Waals surface area contributed by atoms with Gasteiger partial charge in [-0.3, -0.25) is 0 Å². The van der Waals surface area contributed by atoms with E-state index in [2.05, 4.69) is 78.9 Å². The third kappa shape index (κ3) is 7.75. The number of nitrogens with one attached hydrogen (secondary N) is 1. The number of hydrogen-bond acceptors (Lipinski definition) is 3. The lowest BCUT2D eigenvalue weighted by molar-refractivity contribution is 0.102. The van der Waals surface area contributed by atoms with Crippen molar-refractivity contribution in [1.29, 1.82) is 0 Å². The van der Waals surface area contributed by atoms with E-state index in [1.165, 1.54) is 12.1 Å². The van der Waals surface area contributed by atoms with Crippen LogP contribution in [-0.4, -0.2) is 30.4 Å². The molecule has 0 aromatic heterocycles. The van der Waals surface area contributed by atoms with Gasteiger partial charge in [-0.25, -0.2) is 4.39 Å². The number of halogens is 1. The second-order valence-electron chi connectivity index (χ2n) is 10.9. The van der Waals surface area contributed by atoms with Crippen molar-refractivity contribution in [2.75, 3.05) is 13.2 Å². The smallest absolute Gasteiger partial charge is 0.126 e. The molecule has 0 aliphatic carbocycles. The van der Waals surface area contributed by atoms with Crippen LogP contribution in [0.5, 0.6) is 5.75 Å². The van der Waals surface area contributed by atoms with Crippen molar-refractivity contribution in [2.45, 2.75) is 78.4 Å². The summed E-state index contributed by atoms with van der Waals surface area (Å²) in [5.41, 5.74) is 3.94. The summed E-state index contributed by atoms with van der Waals surface area (Å²) in [5.74, 6) is 0.618. The number of hydrogen-bond donors (Lipinski definition) is 2. The van der Waals surface area contributed by atoms with Crippen molar-refractivity contribution in [3.63, 3.8) is 0 Å². The molecule has 0 fully saturated rings. The Morgan fingerprint density at radius 3 is 1.88 bits per heavy atom. The van der Waals surface area contributed by atoms with Gasteiger partial charge in [0.05, 0.1) is 0 Å². The summed E-state index contributed by atoms with van der Waals surface area (Å²) in [5, 5.41) is 13.7. The van der Waals surface area contributed by atoms with E-state index in [1.807, 2.05) is 6.08 Å². The Hall–Kier alpha value is -2.17. The van der Waals surface area contributed by atoms with Gasteiger partial charge in [-0.2, -0.15) is 0 Å². The van der Waals surface area contributed by atoms with E-state index in [4.69, 9.17) is 4.74 Å². The zero-order valence-corrected chi connectivity index (χ0v) is 20.9. The molecule has 0 bridgehead atoms. The van der Waals surface area contributed by atoms with Gasteiger partial charge in [-0.1, -0.05) is 79.7 Å². The molecule has 0 saturated carbocycles. The molecule has 176 valence electrons. The quantitative estimate of drug-likeness (QED) is 0.470. The topological polar surface area (TPSA) is 41.5 Å². The van der Waals surface area contributed by atoms with Gasteiger partial charge >= 0.3 is 0 Å². The van der Waals surface area contributed by atoms with Gasteiger partial charge in [-0.05, 0) is 46.2 Å². The Morgan fingerprint density at radius 2 is 1.41 bits per heavy atom. The summed E-state index contributed by atoms with van der Waals surface area (Å²) >= 11 is 0. The van der Waals surface area contributed by atoms with E-state index in [1.54, 1.807) is 12.1 Å². The Bertz CT molecular complexity index is 868. The van der Waals surface area contributed by atoms with Crippen LogP contribution in [0.1, 0.15) is 77.6 Å². The molecule has 0 heterocycles. The van der Waals surface area contributed by atoms with Gasteiger partial charge in [-0.15, -0.1) is 0 Å². The fraction of sp³-hybridized carbons (Fsp3) is 0.500. The molecular weight excluding hydrogens is 401 g/mol. The zero-order valence-electron chi connectivity index (χ0n) is 20.9. The monoisotopic (exact) mass is 441 g/mol. The largest absolute Gasteiger partial charge is 0.490 e. The first-order chi connectivity index (χ1) is 14.8. The van der Waals surface area contributed by atoms with Gasteiger partial charge in [0.25, 0.3) is 0 Å². The molecule has 2 N–H and O–H groups in total. The van der Waals surface area contributed by atoms with Crippen LogP contribution < -0.4 is 10.1 Å². The van der Waals surface area contributed by atoms with Crippen LogP contribution in [0.2, 0.25) is 0 Å². The summed E-state index contributed by atoms with van der Waals surface area (Å²) in [7, 11) is 0. The molecule has 0 spiro atoms. The highest BCUT2D eigenvalue weighted by atomic mass is 19.1. The summed E-state index contributed by atoms with van der Waals surface area (Å²) in [6.07, 6.45) is 3.47. The van der Waals surface area contributed by atoms with Crippen LogP contribution in [0, 0.1) is 5.82 Å². The molecular formula is C28H40FNO2. The van der Waals surface area contributed by atoms with Gasteiger partial charge in [0.1, 0.15) is 24.3 Å². The number of aliphatic hydroxyl groups excluding tert-OH is 1. The van der Waals surface area contributed by atoms with Crippen LogP contribution in [0.25, 0.3) is 12.2 Å². The van der Waals surface area contributed by atoms with Crippen molar-refractivity contribution >= 4 is 12.2 Å². The van der Waals surface area contributed by atoms with Crippen molar-refractivity contribution in [3.8, 4) is 5.75 Å². The van der Waals surface area contributed by atoms with Crippen LogP contribution in [0.3, 0.4) is 0 Å². The van der Waals surface area contributed by atoms with E-state index >= 15 is 0 Å². The maximum absolute atomic E-state index is 13.2. The van der Waals surface area contributed by atoms with Crippen molar-refractivity contribution in [1.82, 2.24) is 5.32 Å². The molecule has 2 aromatic carbocycles. The average molecular weight is 442 g/mol. The average Bonchev–Trinajstić information content (AvgIpc) is 2.68. The lowest BCUT2D eigenvalue weighted by atomic mass is 9.78. The molecule has 2 rings (SSSR count). The van der Waals surface area contributed by atoms with E-state index in [9.17, 15) is 9.50 Å². The fourth-order valence-electron chi connectivity index (χ4n) is 3.39. The Kier molecular flexibility index (Phi) is 8.67. The molecule has 2 aromatic rings. The molecule has 1 atom stereocenters. The Balaban J connectivity index is 2.44. The summed E-state index contributed by atoms with van der Waals surface area (Å²) in [6.45, 7) is 17.9. The standard InChI is InChI=1S/C28H40FNO2/c1-19(2)30-17-23(31)18-32-26-24(27(3,4)5)15-21(16-25(26)28(6,7)8)10-9-20-11-13-22(29)14-12-20/h9-16,19,23,30-31H,17-18H2,1-8H3/b10-9+. The fourth-order valence-corrected chi connectivity index (χ4v) is 3.39. The maximum atomic E-state index is 13.2. The first-order valence-corrected chi connectivity index (χ1v) is 11.4. The molecule has 32 heavy (non-hydrogen) atoms. The summed E-state index contributed by atoms with van der Waals surface area (Å²) < 4.78 is 19.5. The van der Waals surface area contributed by atoms with Crippen molar-refractivity contribution in [3.05, 3.63) is 64.5 Å². The number of aliphatic hydroxyl groups is 1. The molecule has 0 aliphatic rings. The Morgan fingerprint density at radius 1 is 0.906 bits per heavy atom. The van der Waals surface area contributed by atoms with Crippen molar-refractivity contribution in [2.24, 2.45) is 0 Å². The molecule has 4 heteroatoms. The molecule has 3 nitrogen and oxygen atoms in total. The molecule has 0 saturated heterocycles. The zero-order chi connectivity index (χ0) is 24.1. The Labute approximate surface area is 193 Å². The molecule has 1 unspecified atom stereocenters. The number of rotatable bonds is 8. The predicted octanol–water partition coefficient (Wildman–Crippen LogP) is 6.33. The summed E-state index contributed by atoms with van der Waals surface area (Å²) in [4.78, 5) is 0.